The minimum atomic E-state index is -4.05. The third-order valence-corrected chi connectivity index (χ3v) is 7.01. The molecule has 0 spiro atoms. The maximum absolute atomic E-state index is 12.4. The Morgan fingerprint density at radius 1 is 0.510 bits per heavy atom. The molecule has 0 radical (unpaired) electrons. The Kier molecular flexibility index (Phi) is 33.8. The molecule has 0 aliphatic heterocycles. The summed E-state index contributed by atoms with van der Waals surface area (Å²) in [6, 6.07) is 0. The van der Waals surface area contributed by atoms with Gasteiger partial charge in [0.05, 0.1) is 143 Å². The summed E-state index contributed by atoms with van der Waals surface area (Å²) in [5.41, 5.74) is 0. The van der Waals surface area contributed by atoms with Crippen molar-refractivity contribution in [2.24, 2.45) is 11.8 Å². The first-order chi connectivity index (χ1) is 23.7. The van der Waals surface area contributed by atoms with Crippen molar-refractivity contribution in [2.45, 2.75) is 26.7 Å². The second kappa shape index (κ2) is 34.9. The standard InChI is InChI=1S/C31H60O17S/c1-4-29(27-28(2)30(32)47-23-21-45-19-20-46-25-26-49(34,35)36)31(33)48-24-22-44-18-17-43-16-15-42-14-13-41-12-11-40-10-9-39-8-7-38-6-5-37-3/h28-29H,4-27H2,1-3H3,(H,34,35,36). The third kappa shape index (κ3) is 34.7. The Balaban J connectivity index is 3.55. The summed E-state index contributed by atoms with van der Waals surface area (Å²) >= 11 is 0. The van der Waals surface area contributed by atoms with E-state index in [0.29, 0.717) is 98.9 Å². The molecule has 292 valence electrons. The van der Waals surface area contributed by atoms with Gasteiger partial charge in [0, 0.05) is 7.11 Å². The number of rotatable bonds is 38. The minimum absolute atomic E-state index is 0.0286. The van der Waals surface area contributed by atoms with Gasteiger partial charge in [-0.3, -0.25) is 14.1 Å². The zero-order valence-corrected chi connectivity index (χ0v) is 30.3. The average molecular weight is 737 g/mol. The summed E-state index contributed by atoms with van der Waals surface area (Å²) in [5.74, 6) is -2.29. The lowest BCUT2D eigenvalue weighted by Crippen LogP contribution is -2.26. The number of ether oxygens (including phenoxy) is 12. The van der Waals surface area contributed by atoms with Gasteiger partial charge in [-0.15, -0.1) is 0 Å². The number of esters is 2. The van der Waals surface area contributed by atoms with Crippen LogP contribution < -0.4 is 0 Å². The van der Waals surface area contributed by atoms with Crippen LogP contribution in [0.2, 0.25) is 0 Å². The summed E-state index contributed by atoms with van der Waals surface area (Å²) in [7, 11) is -2.42. The van der Waals surface area contributed by atoms with E-state index in [-0.39, 0.29) is 52.7 Å². The van der Waals surface area contributed by atoms with Crippen LogP contribution in [0.1, 0.15) is 26.7 Å². The molecule has 0 aliphatic carbocycles. The van der Waals surface area contributed by atoms with Crippen molar-refractivity contribution in [3.63, 3.8) is 0 Å². The molecule has 49 heavy (non-hydrogen) atoms. The molecular formula is C31H60O17S. The van der Waals surface area contributed by atoms with E-state index in [1.807, 2.05) is 6.92 Å². The van der Waals surface area contributed by atoms with Gasteiger partial charge >= 0.3 is 11.9 Å². The Bertz CT molecular complexity index is 861. The Labute approximate surface area is 291 Å². The zero-order chi connectivity index (χ0) is 36.3. The van der Waals surface area contributed by atoms with E-state index in [1.165, 1.54) is 0 Å². The van der Waals surface area contributed by atoms with Gasteiger partial charge in [0.25, 0.3) is 10.1 Å². The smallest absolute Gasteiger partial charge is 0.309 e. The van der Waals surface area contributed by atoms with Gasteiger partial charge in [-0.2, -0.15) is 8.42 Å². The number of hydrogen-bond acceptors (Lipinski definition) is 16. The Morgan fingerprint density at radius 2 is 0.816 bits per heavy atom. The normalized spacial score (nSPS) is 13.0. The summed E-state index contributed by atoms with van der Waals surface area (Å²) in [5, 5.41) is 0. The summed E-state index contributed by atoms with van der Waals surface area (Å²) in [6.45, 7) is 10.8. The lowest BCUT2D eigenvalue weighted by atomic mass is 9.94. The van der Waals surface area contributed by atoms with Crippen LogP contribution in [0.4, 0.5) is 0 Å². The second-order valence-electron chi connectivity index (χ2n) is 10.4. The number of hydrogen-bond donors (Lipinski definition) is 1. The van der Waals surface area contributed by atoms with E-state index in [4.69, 9.17) is 61.4 Å². The van der Waals surface area contributed by atoms with Crippen LogP contribution in [0.3, 0.4) is 0 Å². The van der Waals surface area contributed by atoms with Crippen LogP contribution in [0.15, 0.2) is 0 Å². The van der Waals surface area contributed by atoms with Gasteiger partial charge in [-0.1, -0.05) is 13.8 Å². The Hall–Kier alpha value is -1.55. The molecule has 0 aliphatic rings. The van der Waals surface area contributed by atoms with Crippen molar-refractivity contribution in [2.75, 3.05) is 152 Å². The lowest BCUT2D eigenvalue weighted by Gasteiger charge is -2.18. The first kappa shape index (κ1) is 47.4. The first-order valence-electron chi connectivity index (χ1n) is 16.7. The van der Waals surface area contributed by atoms with Crippen LogP contribution in [-0.4, -0.2) is 177 Å². The molecule has 17 nitrogen and oxygen atoms in total. The SMILES string of the molecule is CCC(CC(C)C(=O)OCCOCCOCCS(=O)(=O)O)C(=O)OCCOCCOCCOCCOCCOCCOCCOCCOC. The molecule has 0 aromatic heterocycles. The monoisotopic (exact) mass is 736 g/mol. The molecule has 18 heteroatoms. The van der Waals surface area contributed by atoms with Crippen molar-refractivity contribution in [1.29, 1.82) is 0 Å². The highest BCUT2D eigenvalue weighted by molar-refractivity contribution is 7.85. The van der Waals surface area contributed by atoms with Crippen LogP contribution in [-0.2, 0) is 76.5 Å². The molecule has 2 atom stereocenters. The maximum atomic E-state index is 12.4. The molecule has 0 bridgehead atoms. The van der Waals surface area contributed by atoms with Crippen LogP contribution in [0.25, 0.3) is 0 Å². The molecule has 0 saturated carbocycles. The quantitative estimate of drug-likeness (QED) is 0.0530. The summed E-state index contributed by atoms with van der Waals surface area (Å²) < 4.78 is 93.3. The van der Waals surface area contributed by atoms with E-state index in [2.05, 4.69) is 0 Å². The average Bonchev–Trinajstić information content (AvgIpc) is 3.07. The zero-order valence-electron chi connectivity index (χ0n) is 29.5. The van der Waals surface area contributed by atoms with E-state index in [9.17, 15) is 18.0 Å². The highest BCUT2D eigenvalue weighted by atomic mass is 32.2. The van der Waals surface area contributed by atoms with Crippen molar-refractivity contribution in [1.82, 2.24) is 0 Å². The summed E-state index contributed by atoms with van der Waals surface area (Å²) in [4.78, 5) is 24.7. The first-order valence-corrected chi connectivity index (χ1v) is 18.3. The summed E-state index contributed by atoms with van der Waals surface area (Å²) in [6.07, 6.45) is 0.801. The lowest BCUT2D eigenvalue weighted by molar-refractivity contribution is -0.154. The highest BCUT2D eigenvalue weighted by Gasteiger charge is 2.25. The molecule has 0 saturated heterocycles. The van der Waals surface area contributed by atoms with Crippen LogP contribution in [0.5, 0.6) is 0 Å². The van der Waals surface area contributed by atoms with E-state index in [0.717, 1.165) is 0 Å². The fourth-order valence-corrected chi connectivity index (χ4v) is 3.99. The second-order valence-corrected chi connectivity index (χ2v) is 11.9. The molecule has 0 amide bonds. The van der Waals surface area contributed by atoms with Crippen molar-refractivity contribution in [3.8, 4) is 0 Å². The molecule has 0 aromatic rings. The molecule has 0 fully saturated rings. The molecule has 2 unspecified atom stereocenters. The molecule has 0 heterocycles. The highest BCUT2D eigenvalue weighted by Crippen LogP contribution is 2.18. The number of carbonyl (C=O) groups is 2. The minimum Gasteiger partial charge on any atom is -0.463 e. The number of carbonyl (C=O) groups excluding carboxylic acids is 2. The van der Waals surface area contributed by atoms with Gasteiger partial charge in [-0.05, 0) is 12.8 Å². The number of methoxy groups -OCH3 is 1. The third-order valence-electron chi connectivity index (χ3n) is 6.33. The van der Waals surface area contributed by atoms with Gasteiger partial charge in [0.15, 0.2) is 0 Å². The topological polar surface area (TPSA) is 199 Å². The fourth-order valence-electron chi connectivity index (χ4n) is 3.67. The fraction of sp³-hybridized carbons (Fsp3) is 0.935. The van der Waals surface area contributed by atoms with Crippen LogP contribution >= 0.6 is 0 Å². The van der Waals surface area contributed by atoms with Crippen molar-refractivity contribution in [3.05, 3.63) is 0 Å². The van der Waals surface area contributed by atoms with Crippen molar-refractivity contribution < 1.29 is 79.4 Å². The van der Waals surface area contributed by atoms with Gasteiger partial charge in [0.2, 0.25) is 0 Å². The largest absolute Gasteiger partial charge is 0.463 e. The van der Waals surface area contributed by atoms with Gasteiger partial charge in [0.1, 0.15) is 13.2 Å². The van der Waals surface area contributed by atoms with Gasteiger partial charge < -0.3 is 56.8 Å². The van der Waals surface area contributed by atoms with E-state index < -0.39 is 39.6 Å². The van der Waals surface area contributed by atoms with E-state index in [1.54, 1.807) is 14.0 Å². The predicted molar refractivity (Wildman–Crippen MR) is 175 cm³/mol. The van der Waals surface area contributed by atoms with Gasteiger partial charge in [-0.25, -0.2) is 0 Å². The molecule has 0 aromatic carbocycles. The predicted octanol–water partition coefficient (Wildman–Crippen LogP) is 0.809. The van der Waals surface area contributed by atoms with Crippen molar-refractivity contribution >= 4 is 22.1 Å². The van der Waals surface area contributed by atoms with Crippen LogP contribution in [0, 0.1) is 11.8 Å². The Morgan fingerprint density at radius 3 is 1.14 bits per heavy atom. The molecule has 1 N–H and O–H groups in total. The molecule has 0 rings (SSSR count). The maximum Gasteiger partial charge on any atom is 0.309 e. The van der Waals surface area contributed by atoms with E-state index >= 15 is 0 Å². The molecular weight excluding hydrogens is 676 g/mol.